The molecule has 1 aliphatic carbocycles. The summed E-state index contributed by atoms with van der Waals surface area (Å²) in [4.78, 5) is 39.4. The molecular weight excluding hydrogens is 697 g/mol. The minimum absolute atomic E-state index is 0.0800. The van der Waals surface area contributed by atoms with Crippen molar-refractivity contribution in [2.45, 2.75) is 98.8 Å². The molecule has 1 atom stereocenters. The molecule has 54 heavy (non-hydrogen) atoms. The van der Waals surface area contributed by atoms with Crippen molar-refractivity contribution in [2.24, 2.45) is 10.8 Å². The van der Waals surface area contributed by atoms with Gasteiger partial charge in [0.1, 0.15) is 11.4 Å². The standard InChI is InChI=1S/C43H52N6O4S/c1-28-32(24-44-49(28)27-43(21-23-52-7)20-11-19-42(5,6)26-43)30-16-17-36(46-37(30)39(51)53-41(2,3)4)48-22-18-29-12-10-13-31(33(29)25-48)38(50)47-40-45-34-14-8-9-15-35(34)54-40/h8-10,12-17,24H,11,18-23,25-27H2,1-7H3,(H,45,47,50). The topological polar surface area (TPSA) is 111 Å². The second-order valence-corrected chi connectivity index (χ2v) is 17.9. The minimum Gasteiger partial charge on any atom is -0.455 e. The van der Waals surface area contributed by atoms with Gasteiger partial charge in [0, 0.05) is 55.7 Å². The van der Waals surface area contributed by atoms with Crippen LogP contribution >= 0.6 is 11.3 Å². The Labute approximate surface area is 322 Å². The number of methoxy groups -OCH3 is 1. The first-order chi connectivity index (χ1) is 25.7. The molecule has 2 aliphatic rings. The number of hydrogen-bond donors (Lipinski definition) is 1. The van der Waals surface area contributed by atoms with Gasteiger partial charge in [0.2, 0.25) is 0 Å². The zero-order valence-corrected chi connectivity index (χ0v) is 33.4. The molecule has 1 aliphatic heterocycles. The van der Waals surface area contributed by atoms with Crippen molar-refractivity contribution >= 4 is 44.4 Å². The number of anilines is 2. The van der Waals surface area contributed by atoms with Gasteiger partial charge in [0.15, 0.2) is 10.8 Å². The second kappa shape index (κ2) is 14.9. The van der Waals surface area contributed by atoms with Crippen LogP contribution in [0.4, 0.5) is 10.9 Å². The van der Waals surface area contributed by atoms with Crippen LogP contribution in [0.1, 0.15) is 104 Å². The van der Waals surface area contributed by atoms with E-state index in [9.17, 15) is 9.59 Å². The number of para-hydroxylation sites is 1. The average molecular weight is 749 g/mol. The Balaban J connectivity index is 1.18. The summed E-state index contributed by atoms with van der Waals surface area (Å²) in [6.07, 6.45) is 8.24. The molecule has 284 valence electrons. The van der Waals surface area contributed by atoms with Gasteiger partial charge >= 0.3 is 5.97 Å². The van der Waals surface area contributed by atoms with Crippen LogP contribution in [0.5, 0.6) is 0 Å². The van der Waals surface area contributed by atoms with Crippen LogP contribution in [0.25, 0.3) is 21.3 Å². The molecule has 1 saturated carbocycles. The van der Waals surface area contributed by atoms with Gasteiger partial charge in [-0.3, -0.25) is 14.8 Å². The highest BCUT2D eigenvalue weighted by Gasteiger charge is 2.41. The summed E-state index contributed by atoms with van der Waals surface area (Å²) in [7, 11) is 1.78. The Bertz CT molecular complexity index is 2150. The van der Waals surface area contributed by atoms with Crippen molar-refractivity contribution in [3.63, 3.8) is 0 Å². The highest BCUT2D eigenvalue weighted by Crippen LogP contribution is 2.49. The molecule has 11 heteroatoms. The summed E-state index contributed by atoms with van der Waals surface area (Å²) in [6.45, 7) is 15.1. The first-order valence-electron chi connectivity index (χ1n) is 19.0. The Morgan fingerprint density at radius 3 is 2.57 bits per heavy atom. The lowest BCUT2D eigenvalue weighted by Crippen LogP contribution is -2.38. The number of amides is 1. The number of nitrogens with one attached hydrogen (secondary N) is 1. The van der Waals surface area contributed by atoms with Crippen LogP contribution in [0, 0.1) is 17.8 Å². The van der Waals surface area contributed by atoms with Gasteiger partial charge in [-0.15, -0.1) is 0 Å². The summed E-state index contributed by atoms with van der Waals surface area (Å²) in [5, 5.41) is 8.51. The normalized spacial score (nSPS) is 18.4. The van der Waals surface area contributed by atoms with E-state index in [2.05, 4.69) is 46.7 Å². The number of carbonyl (C=O) groups is 2. The van der Waals surface area contributed by atoms with Gasteiger partial charge in [-0.25, -0.2) is 14.8 Å². The summed E-state index contributed by atoms with van der Waals surface area (Å²) >= 11 is 1.46. The zero-order valence-electron chi connectivity index (χ0n) is 32.6. The number of pyridine rings is 1. The molecule has 10 nitrogen and oxygen atoms in total. The molecule has 0 bridgehead atoms. The Hall–Kier alpha value is -4.61. The van der Waals surface area contributed by atoms with Gasteiger partial charge in [-0.05, 0) is 112 Å². The molecule has 5 aromatic rings. The fourth-order valence-corrected chi connectivity index (χ4v) is 9.33. The van der Waals surface area contributed by atoms with Crippen LogP contribution in [-0.4, -0.2) is 57.5 Å². The Morgan fingerprint density at radius 1 is 1.00 bits per heavy atom. The van der Waals surface area contributed by atoms with Gasteiger partial charge in [-0.1, -0.05) is 55.9 Å². The maximum Gasteiger partial charge on any atom is 0.358 e. The molecule has 1 unspecified atom stereocenters. The molecule has 0 spiro atoms. The second-order valence-electron chi connectivity index (χ2n) is 16.9. The predicted octanol–water partition coefficient (Wildman–Crippen LogP) is 9.26. The molecule has 3 aromatic heterocycles. The Kier molecular flexibility index (Phi) is 10.4. The number of aromatic nitrogens is 4. The fourth-order valence-electron chi connectivity index (χ4n) is 8.47. The highest BCUT2D eigenvalue weighted by molar-refractivity contribution is 7.22. The number of thiazole rings is 1. The number of ether oxygens (including phenoxy) is 2. The summed E-state index contributed by atoms with van der Waals surface area (Å²) in [5.41, 5.74) is 5.97. The maximum absolute atomic E-state index is 13.9. The van der Waals surface area contributed by atoms with Crippen molar-refractivity contribution in [1.82, 2.24) is 19.7 Å². The van der Waals surface area contributed by atoms with Gasteiger partial charge in [0.25, 0.3) is 5.91 Å². The van der Waals surface area contributed by atoms with Crippen LogP contribution < -0.4 is 10.2 Å². The van der Waals surface area contributed by atoms with E-state index in [1.165, 1.54) is 24.2 Å². The summed E-state index contributed by atoms with van der Waals surface area (Å²) < 4.78 is 14.7. The molecule has 1 N–H and O–H groups in total. The van der Waals surface area contributed by atoms with Crippen LogP contribution in [0.15, 0.2) is 60.8 Å². The van der Waals surface area contributed by atoms with Crippen molar-refractivity contribution in [1.29, 1.82) is 0 Å². The SMILES string of the molecule is COCCC1(Cn2ncc(-c3ccc(N4CCc5cccc(C(=O)Nc6nc7ccccc7s6)c5C4)nc3C(=O)OC(C)(C)C)c2C)CCCC(C)(C)C1. The first-order valence-corrected chi connectivity index (χ1v) is 19.8. The minimum atomic E-state index is -0.706. The number of nitrogens with zero attached hydrogens (tertiary/aromatic N) is 5. The van der Waals surface area contributed by atoms with Crippen LogP contribution in [0.2, 0.25) is 0 Å². The van der Waals surface area contributed by atoms with Crippen molar-refractivity contribution < 1.29 is 19.1 Å². The van der Waals surface area contributed by atoms with Gasteiger partial charge in [0.05, 0.1) is 16.4 Å². The average Bonchev–Trinajstić information content (AvgIpc) is 3.70. The van der Waals surface area contributed by atoms with E-state index in [0.717, 1.165) is 64.8 Å². The van der Waals surface area contributed by atoms with Crippen LogP contribution in [-0.2, 0) is 29.0 Å². The molecule has 4 heterocycles. The zero-order chi connectivity index (χ0) is 38.3. The maximum atomic E-state index is 13.9. The number of esters is 1. The third kappa shape index (κ3) is 8.07. The lowest BCUT2D eigenvalue weighted by atomic mass is 9.62. The Morgan fingerprint density at radius 2 is 1.81 bits per heavy atom. The third-order valence-corrected chi connectivity index (χ3v) is 11.9. The lowest BCUT2D eigenvalue weighted by molar-refractivity contribution is 0.00636. The monoisotopic (exact) mass is 748 g/mol. The molecule has 7 rings (SSSR count). The number of hydrogen-bond acceptors (Lipinski definition) is 9. The molecule has 1 amide bonds. The van der Waals surface area contributed by atoms with E-state index in [1.54, 1.807) is 7.11 Å². The summed E-state index contributed by atoms with van der Waals surface area (Å²) in [5.74, 6) is -0.0242. The molecular formula is C43H52N6O4S. The predicted molar refractivity (Wildman–Crippen MR) is 215 cm³/mol. The fraction of sp³-hybridized carbons (Fsp3) is 0.465. The largest absolute Gasteiger partial charge is 0.455 e. The van der Waals surface area contributed by atoms with E-state index in [4.69, 9.17) is 19.6 Å². The number of benzene rings is 2. The smallest absolute Gasteiger partial charge is 0.358 e. The highest BCUT2D eigenvalue weighted by atomic mass is 32.1. The van der Waals surface area contributed by atoms with Gasteiger partial charge in [-0.2, -0.15) is 5.10 Å². The quantitative estimate of drug-likeness (QED) is 0.141. The van der Waals surface area contributed by atoms with Crippen molar-refractivity contribution in [3.05, 3.63) is 88.9 Å². The number of carbonyl (C=O) groups excluding carboxylic acids is 2. The summed E-state index contributed by atoms with van der Waals surface area (Å²) in [6, 6.07) is 17.7. The van der Waals surface area contributed by atoms with Crippen molar-refractivity contribution in [3.8, 4) is 11.1 Å². The first kappa shape index (κ1) is 37.7. The molecule has 0 saturated heterocycles. The van der Waals surface area contributed by atoms with E-state index in [0.29, 0.717) is 41.8 Å². The van der Waals surface area contributed by atoms with E-state index >= 15 is 0 Å². The lowest BCUT2D eigenvalue weighted by Gasteiger charge is -2.45. The van der Waals surface area contributed by atoms with Crippen molar-refractivity contribution in [2.75, 3.05) is 30.5 Å². The van der Waals surface area contributed by atoms with Crippen LogP contribution in [0.3, 0.4) is 0 Å². The number of fused-ring (bicyclic) bond motifs is 2. The molecule has 0 radical (unpaired) electrons. The number of rotatable bonds is 10. The van der Waals surface area contributed by atoms with Gasteiger partial charge < -0.3 is 14.4 Å². The van der Waals surface area contributed by atoms with E-state index < -0.39 is 11.6 Å². The molecule has 1 fully saturated rings. The van der Waals surface area contributed by atoms with E-state index in [-0.39, 0.29) is 22.4 Å². The van der Waals surface area contributed by atoms with E-state index in [1.807, 2.05) is 75.5 Å². The third-order valence-electron chi connectivity index (χ3n) is 11.0. The molecule has 2 aromatic carbocycles.